The fourth-order valence-electron chi connectivity index (χ4n) is 1.10. The van der Waals surface area contributed by atoms with Gasteiger partial charge in [0.1, 0.15) is 5.15 Å². The Balaban J connectivity index is 2.39. The standard InChI is InChI=1S/C8H9ClN2/c1-6-4-7(11-2-3-11)5-8(9)10-6/h4-5H,2-3H2,1H3. The number of hydrogen-bond acceptors (Lipinski definition) is 2. The molecule has 2 nitrogen and oxygen atoms in total. The molecule has 0 aliphatic carbocycles. The minimum absolute atomic E-state index is 0.590. The van der Waals surface area contributed by atoms with Gasteiger partial charge in [0.25, 0.3) is 0 Å². The number of halogens is 1. The lowest BCUT2D eigenvalue weighted by molar-refractivity contribution is 1.19. The van der Waals surface area contributed by atoms with Crippen LogP contribution in [0.15, 0.2) is 12.1 Å². The minimum Gasteiger partial charge on any atom is -0.368 e. The number of aryl methyl sites for hydroxylation is 1. The molecule has 0 atom stereocenters. The van der Waals surface area contributed by atoms with Crippen molar-refractivity contribution in [2.24, 2.45) is 0 Å². The zero-order chi connectivity index (χ0) is 7.84. The molecule has 0 amide bonds. The molecule has 0 unspecified atom stereocenters. The second-order valence-electron chi connectivity index (χ2n) is 2.78. The van der Waals surface area contributed by atoms with Crippen LogP contribution in [-0.2, 0) is 0 Å². The summed E-state index contributed by atoms with van der Waals surface area (Å²) in [7, 11) is 0. The van der Waals surface area contributed by atoms with Crippen LogP contribution in [0.2, 0.25) is 5.15 Å². The summed E-state index contributed by atoms with van der Waals surface area (Å²) in [5, 5.41) is 0.590. The SMILES string of the molecule is Cc1cc(N2CC2)cc(Cl)n1. The smallest absolute Gasteiger partial charge is 0.131 e. The molecule has 2 heterocycles. The topological polar surface area (TPSA) is 15.9 Å². The molecule has 1 saturated heterocycles. The minimum atomic E-state index is 0.590. The highest BCUT2D eigenvalue weighted by Gasteiger charge is 2.18. The Bertz CT molecular complexity index is 261. The summed E-state index contributed by atoms with van der Waals surface area (Å²) in [4.78, 5) is 6.33. The van der Waals surface area contributed by atoms with Crippen LogP contribution < -0.4 is 4.90 Å². The maximum absolute atomic E-state index is 5.78. The Labute approximate surface area is 70.8 Å². The van der Waals surface area contributed by atoms with E-state index in [-0.39, 0.29) is 0 Å². The van der Waals surface area contributed by atoms with E-state index in [1.54, 1.807) is 0 Å². The Morgan fingerprint density at radius 2 is 2.18 bits per heavy atom. The summed E-state index contributed by atoms with van der Waals surface area (Å²) in [6.07, 6.45) is 0. The number of anilines is 1. The van der Waals surface area contributed by atoms with E-state index >= 15 is 0 Å². The molecule has 0 saturated carbocycles. The average Bonchev–Trinajstić information content (AvgIpc) is 2.64. The number of rotatable bonds is 1. The van der Waals surface area contributed by atoms with Gasteiger partial charge in [-0.05, 0) is 19.1 Å². The van der Waals surface area contributed by atoms with Gasteiger partial charge in [0.15, 0.2) is 0 Å². The zero-order valence-corrected chi connectivity index (χ0v) is 7.10. The Kier molecular flexibility index (Phi) is 1.50. The number of hydrogen-bond donors (Lipinski definition) is 0. The van der Waals surface area contributed by atoms with Crippen molar-refractivity contribution in [2.75, 3.05) is 18.0 Å². The third-order valence-electron chi connectivity index (χ3n) is 1.72. The molecular formula is C8H9ClN2. The van der Waals surface area contributed by atoms with Crippen molar-refractivity contribution in [3.63, 3.8) is 0 Å². The first-order chi connectivity index (χ1) is 5.25. The first-order valence-electron chi connectivity index (χ1n) is 3.65. The predicted molar refractivity (Wildman–Crippen MR) is 46.2 cm³/mol. The van der Waals surface area contributed by atoms with Gasteiger partial charge in [-0.3, -0.25) is 0 Å². The fourth-order valence-corrected chi connectivity index (χ4v) is 1.35. The summed E-state index contributed by atoms with van der Waals surface area (Å²) in [6.45, 7) is 4.26. The monoisotopic (exact) mass is 168 g/mol. The summed E-state index contributed by atoms with van der Waals surface area (Å²) >= 11 is 5.78. The van der Waals surface area contributed by atoms with Crippen molar-refractivity contribution in [1.29, 1.82) is 0 Å². The van der Waals surface area contributed by atoms with Gasteiger partial charge in [-0.1, -0.05) is 11.6 Å². The predicted octanol–water partition coefficient (Wildman–Crippen LogP) is 1.86. The Morgan fingerprint density at radius 3 is 2.73 bits per heavy atom. The van der Waals surface area contributed by atoms with E-state index in [9.17, 15) is 0 Å². The molecular weight excluding hydrogens is 160 g/mol. The van der Waals surface area contributed by atoms with Crippen LogP contribution in [0.1, 0.15) is 5.69 Å². The lowest BCUT2D eigenvalue weighted by Crippen LogP contribution is -1.92. The highest BCUT2D eigenvalue weighted by molar-refractivity contribution is 6.29. The normalized spacial score (nSPS) is 15.3. The van der Waals surface area contributed by atoms with E-state index < -0.39 is 0 Å². The van der Waals surface area contributed by atoms with Crippen LogP contribution in [0.5, 0.6) is 0 Å². The molecule has 1 fully saturated rings. The third kappa shape index (κ3) is 1.46. The van der Waals surface area contributed by atoms with Crippen LogP contribution in [-0.4, -0.2) is 18.1 Å². The van der Waals surface area contributed by atoms with Crippen LogP contribution in [0.25, 0.3) is 0 Å². The van der Waals surface area contributed by atoms with Gasteiger partial charge in [-0.25, -0.2) is 4.98 Å². The van der Waals surface area contributed by atoms with Gasteiger partial charge in [-0.15, -0.1) is 0 Å². The largest absolute Gasteiger partial charge is 0.368 e. The molecule has 3 heteroatoms. The molecule has 11 heavy (non-hydrogen) atoms. The van der Waals surface area contributed by atoms with E-state index in [4.69, 9.17) is 11.6 Å². The van der Waals surface area contributed by atoms with E-state index in [0.29, 0.717) is 5.15 Å². The lowest BCUT2D eigenvalue weighted by Gasteiger charge is -2.03. The lowest BCUT2D eigenvalue weighted by atomic mass is 10.3. The van der Waals surface area contributed by atoms with E-state index in [0.717, 1.165) is 18.8 Å². The third-order valence-corrected chi connectivity index (χ3v) is 1.91. The van der Waals surface area contributed by atoms with Crippen molar-refractivity contribution >= 4 is 17.3 Å². The number of pyridine rings is 1. The molecule has 0 bridgehead atoms. The van der Waals surface area contributed by atoms with Gasteiger partial charge in [0.2, 0.25) is 0 Å². The zero-order valence-electron chi connectivity index (χ0n) is 6.34. The highest BCUT2D eigenvalue weighted by Crippen LogP contribution is 2.23. The molecule has 0 N–H and O–H groups in total. The molecule has 1 aliphatic rings. The maximum Gasteiger partial charge on any atom is 0.131 e. The average molecular weight is 169 g/mol. The highest BCUT2D eigenvalue weighted by atomic mass is 35.5. The fraction of sp³-hybridized carbons (Fsp3) is 0.375. The van der Waals surface area contributed by atoms with Crippen LogP contribution in [0, 0.1) is 6.92 Å². The van der Waals surface area contributed by atoms with Crippen molar-refractivity contribution in [2.45, 2.75) is 6.92 Å². The quantitative estimate of drug-likeness (QED) is 0.470. The summed E-state index contributed by atoms with van der Waals surface area (Å²) in [5.41, 5.74) is 2.18. The van der Waals surface area contributed by atoms with Crippen molar-refractivity contribution in [3.8, 4) is 0 Å². The van der Waals surface area contributed by atoms with Crippen LogP contribution >= 0.6 is 11.6 Å². The van der Waals surface area contributed by atoms with Crippen molar-refractivity contribution < 1.29 is 0 Å². The second-order valence-corrected chi connectivity index (χ2v) is 3.16. The molecule has 0 aromatic carbocycles. The number of aromatic nitrogens is 1. The molecule has 1 aromatic heterocycles. The van der Waals surface area contributed by atoms with Crippen molar-refractivity contribution in [1.82, 2.24) is 4.98 Å². The molecule has 0 radical (unpaired) electrons. The van der Waals surface area contributed by atoms with Gasteiger partial charge < -0.3 is 4.90 Å². The van der Waals surface area contributed by atoms with Gasteiger partial charge >= 0.3 is 0 Å². The molecule has 2 rings (SSSR count). The van der Waals surface area contributed by atoms with Crippen LogP contribution in [0.3, 0.4) is 0 Å². The Morgan fingerprint density at radius 1 is 1.45 bits per heavy atom. The van der Waals surface area contributed by atoms with Crippen LogP contribution in [0.4, 0.5) is 5.69 Å². The van der Waals surface area contributed by atoms with E-state index in [1.165, 1.54) is 5.69 Å². The molecule has 0 spiro atoms. The first-order valence-corrected chi connectivity index (χ1v) is 4.02. The second kappa shape index (κ2) is 2.38. The maximum atomic E-state index is 5.78. The Hall–Kier alpha value is -0.760. The summed E-state index contributed by atoms with van der Waals surface area (Å²) in [5.74, 6) is 0. The summed E-state index contributed by atoms with van der Waals surface area (Å²) < 4.78 is 0. The summed E-state index contributed by atoms with van der Waals surface area (Å²) in [6, 6.07) is 3.96. The molecule has 1 aromatic rings. The van der Waals surface area contributed by atoms with Gasteiger partial charge in [0, 0.05) is 24.5 Å². The molecule has 58 valence electrons. The molecule has 1 aliphatic heterocycles. The van der Waals surface area contributed by atoms with Gasteiger partial charge in [0.05, 0.1) is 0 Å². The van der Waals surface area contributed by atoms with Crippen molar-refractivity contribution in [3.05, 3.63) is 23.0 Å². The van der Waals surface area contributed by atoms with E-state index in [1.807, 2.05) is 13.0 Å². The van der Waals surface area contributed by atoms with Gasteiger partial charge in [-0.2, -0.15) is 0 Å². The first kappa shape index (κ1) is 6.92. The van der Waals surface area contributed by atoms with E-state index in [2.05, 4.69) is 16.0 Å². The number of nitrogens with zero attached hydrogens (tertiary/aromatic N) is 2.